The van der Waals surface area contributed by atoms with Crippen LogP contribution < -0.4 is 10.6 Å². The molecule has 0 aliphatic rings. The lowest BCUT2D eigenvalue weighted by Crippen LogP contribution is -2.37. The lowest BCUT2D eigenvalue weighted by atomic mass is 10.2. The largest absolute Gasteiger partial charge is 0.338 e. The highest BCUT2D eigenvalue weighted by Crippen LogP contribution is 2.17. The first-order valence-corrected chi connectivity index (χ1v) is 6.64. The van der Waals surface area contributed by atoms with Gasteiger partial charge in [0.05, 0.1) is 0 Å². The van der Waals surface area contributed by atoms with E-state index < -0.39 is 0 Å². The Kier molecular flexibility index (Phi) is 4.70. The summed E-state index contributed by atoms with van der Waals surface area (Å²) in [4.78, 5) is 15.8. The third kappa shape index (κ3) is 3.57. The van der Waals surface area contributed by atoms with Gasteiger partial charge >= 0.3 is 6.03 Å². The molecular weight excluding hydrogens is 256 g/mol. The highest BCUT2D eigenvalue weighted by Gasteiger charge is 2.16. The van der Waals surface area contributed by atoms with Crippen LogP contribution in [-0.2, 0) is 0 Å². The van der Waals surface area contributed by atoms with E-state index in [1.54, 1.807) is 6.92 Å². The third-order valence-electron chi connectivity index (χ3n) is 2.73. The molecule has 106 valence electrons. The number of aromatic nitrogens is 2. The summed E-state index contributed by atoms with van der Waals surface area (Å²) in [5.74, 6) is 0.902. The number of amides is 2. The van der Waals surface area contributed by atoms with Crippen LogP contribution in [-0.4, -0.2) is 22.7 Å². The van der Waals surface area contributed by atoms with E-state index in [0.717, 1.165) is 12.0 Å². The van der Waals surface area contributed by atoms with E-state index in [4.69, 9.17) is 4.52 Å². The molecule has 0 spiro atoms. The minimum Gasteiger partial charge on any atom is -0.338 e. The summed E-state index contributed by atoms with van der Waals surface area (Å²) < 4.78 is 5.18. The van der Waals surface area contributed by atoms with Crippen LogP contribution in [0.1, 0.15) is 32.2 Å². The number of carbonyl (C=O) groups excluding carboxylic acids is 1. The molecule has 1 atom stereocenters. The Morgan fingerprint density at radius 1 is 1.35 bits per heavy atom. The van der Waals surface area contributed by atoms with Crippen molar-refractivity contribution >= 4 is 6.03 Å². The van der Waals surface area contributed by atoms with E-state index in [2.05, 4.69) is 20.8 Å². The Morgan fingerprint density at radius 2 is 2.10 bits per heavy atom. The van der Waals surface area contributed by atoms with E-state index >= 15 is 0 Å². The van der Waals surface area contributed by atoms with Crippen LogP contribution in [0.2, 0.25) is 0 Å². The van der Waals surface area contributed by atoms with Gasteiger partial charge in [-0.15, -0.1) is 0 Å². The molecule has 0 fully saturated rings. The molecule has 2 amide bonds. The summed E-state index contributed by atoms with van der Waals surface area (Å²) >= 11 is 0. The van der Waals surface area contributed by atoms with Crippen LogP contribution in [0.5, 0.6) is 0 Å². The number of nitrogens with one attached hydrogen (secondary N) is 2. The molecule has 6 heteroatoms. The first-order chi connectivity index (χ1) is 9.70. The molecule has 6 nitrogen and oxygen atoms in total. The van der Waals surface area contributed by atoms with Gasteiger partial charge < -0.3 is 15.2 Å². The maximum Gasteiger partial charge on any atom is 0.315 e. The minimum absolute atomic E-state index is 0.237. The number of hydrogen-bond acceptors (Lipinski definition) is 4. The third-order valence-corrected chi connectivity index (χ3v) is 2.73. The fourth-order valence-electron chi connectivity index (χ4n) is 1.66. The zero-order chi connectivity index (χ0) is 14.4. The van der Waals surface area contributed by atoms with Gasteiger partial charge in [-0.3, -0.25) is 0 Å². The molecule has 1 heterocycles. The molecule has 0 aliphatic carbocycles. The lowest BCUT2D eigenvalue weighted by Gasteiger charge is -2.10. The lowest BCUT2D eigenvalue weighted by molar-refractivity contribution is 0.234. The highest BCUT2D eigenvalue weighted by molar-refractivity contribution is 5.74. The topological polar surface area (TPSA) is 80.0 Å². The first-order valence-electron chi connectivity index (χ1n) is 6.64. The predicted octanol–water partition coefficient (Wildman–Crippen LogP) is 2.51. The van der Waals surface area contributed by atoms with Crippen molar-refractivity contribution in [3.05, 3.63) is 36.2 Å². The Bertz CT molecular complexity index is 553. The van der Waals surface area contributed by atoms with E-state index in [-0.39, 0.29) is 12.1 Å². The van der Waals surface area contributed by atoms with E-state index in [1.807, 2.05) is 37.3 Å². The van der Waals surface area contributed by atoms with Crippen molar-refractivity contribution in [2.24, 2.45) is 0 Å². The van der Waals surface area contributed by atoms with Crippen molar-refractivity contribution in [2.75, 3.05) is 6.54 Å². The normalized spacial score (nSPS) is 11.9. The van der Waals surface area contributed by atoms with Gasteiger partial charge in [0.15, 0.2) is 0 Å². The number of nitrogens with zero attached hydrogens (tertiary/aromatic N) is 2. The van der Waals surface area contributed by atoms with Gasteiger partial charge in [0.2, 0.25) is 11.7 Å². The van der Waals surface area contributed by atoms with Gasteiger partial charge in [-0.05, 0) is 13.3 Å². The molecule has 0 aliphatic heterocycles. The molecule has 0 unspecified atom stereocenters. The molecular formula is C14H18N4O2. The molecule has 1 aromatic heterocycles. The smallest absolute Gasteiger partial charge is 0.315 e. The van der Waals surface area contributed by atoms with E-state index in [9.17, 15) is 4.79 Å². The standard InChI is InChI=1S/C14H18N4O2/c1-3-9-15-14(19)16-10(2)13-17-12(18-20-13)11-7-5-4-6-8-11/h4-8,10H,3,9H2,1-2H3,(H2,15,16,19)/t10-/m1/s1. The zero-order valence-corrected chi connectivity index (χ0v) is 11.6. The Morgan fingerprint density at radius 3 is 2.80 bits per heavy atom. The summed E-state index contributed by atoms with van der Waals surface area (Å²) in [6.07, 6.45) is 0.889. The number of benzene rings is 1. The van der Waals surface area contributed by atoms with Crippen molar-refractivity contribution in [1.29, 1.82) is 0 Å². The minimum atomic E-state index is -0.336. The Hall–Kier alpha value is -2.37. The molecule has 2 aromatic rings. The van der Waals surface area contributed by atoms with Crippen LogP contribution in [0.15, 0.2) is 34.9 Å². The molecule has 0 saturated heterocycles. The first kappa shape index (κ1) is 14.0. The molecule has 2 N–H and O–H groups in total. The fraction of sp³-hybridized carbons (Fsp3) is 0.357. The van der Waals surface area contributed by atoms with E-state index in [1.165, 1.54) is 0 Å². The van der Waals surface area contributed by atoms with Crippen molar-refractivity contribution in [1.82, 2.24) is 20.8 Å². The van der Waals surface area contributed by atoms with Crippen LogP contribution >= 0.6 is 0 Å². The second-order valence-corrected chi connectivity index (χ2v) is 4.44. The van der Waals surface area contributed by atoms with Crippen molar-refractivity contribution in [3.8, 4) is 11.4 Å². The van der Waals surface area contributed by atoms with Crippen LogP contribution in [0.4, 0.5) is 4.79 Å². The summed E-state index contributed by atoms with van der Waals surface area (Å²) in [7, 11) is 0. The number of carbonyl (C=O) groups is 1. The van der Waals surface area contributed by atoms with Crippen LogP contribution in [0.3, 0.4) is 0 Å². The second-order valence-electron chi connectivity index (χ2n) is 4.44. The molecule has 0 saturated carbocycles. The maximum absolute atomic E-state index is 11.6. The van der Waals surface area contributed by atoms with Gasteiger partial charge in [0.1, 0.15) is 6.04 Å². The predicted molar refractivity (Wildman–Crippen MR) is 75.0 cm³/mol. The summed E-state index contributed by atoms with van der Waals surface area (Å²) in [5.41, 5.74) is 0.880. The Labute approximate surface area is 117 Å². The maximum atomic E-state index is 11.6. The highest BCUT2D eigenvalue weighted by atomic mass is 16.5. The van der Waals surface area contributed by atoms with Gasteiger partial charge in [-0.2, -0.15) is 4.98 Å². The van der Waals surface area contributed by atoms with Crippen LogP contribution in [0.25, 0.3) is 11.4 Å². The van der Waals surface area contributed by atoms with Gasteiger partial charge in [0.25, 0.3) is 0 Å². The number of hydrogen-bond donors (Lipinski definition) is 2. The molecule has 0 bridgehead atoms. The average Bonchev–Trinajstić information content (AvgIpc) is 2.96. The second kappa shape index (κ2) is 6.70. The molecule has 2 rings (SSSR count). The zero-order valence-electron chi connectivity index (χ0n) is 11.6. The monoisotopic (exact) mass is 274 g/mol. The number of rotatable bonds is 5. The molecule has 20 heavy (non-hydrogen) atoms. The quantitative estimate of drug-likeness (QED) is 0.878. The van der Waals surface area contributed by atoms with Gasteiger partial charge in [-0.25, -0.2) is 4.79 Å². The van der Waals surface area contributed by atoms with Crippen molar-refractivity contribution in [2.45, 2.75) is 26.3 Å². The molecule has 1 aromatic carbocycles. The van der Waals surface area contributed by atoms with Gasteiger partial charge in [-0.1, -0.05) is 42.4 Å². The van der Waals surface area contributed by atoms with Gasteiger partial charge in [0, 0.05) is 12.1 Å². The van der Waals surface area contributed by atoms with E-state index in [0.29, 0.717) is 18.3 Å². The Balaban J connectivity index is 2.00. The molecule has 0 radical (unpaired) electrons. The SMILES string of the molecule is CCCNC(=O)N[C@H](C)c1nc(-c2ccccc2)no1. The average molecular weight is 274 g/mol. The fourth-order valence-corrected chi connectivity index (χ4v) is 1.66. The summed E-state index contributed by atoms with van der Waals surface area (Å²) in [6, 6.07) is 8.97. The van der Waals surface area contributed by atoms with Crippen molar-refractivity contribution < 1.29 is 9.32 Å². The number of urea groups is 1. The van der Waals surface area contributed by atoms with Crippen LogP contribution in [0, 0.1) is 0 Å². The summed E-state index contributed by atoms with van der Waals surface area (Å²) in [6.45, 7) is 4.43. The van der Waals surface area contributed by atoms with Crippen molar-refractivity contribution in [3.63, 3.8) is 0 Å². The summed E-state index contributed by atoms with van der Waals surface area (Å²) in [5, 5.41) is 9.40.